The molecular weight excluding hydrogens is 462 g/mol. The number of amides is 2. The highest BCUT2D eigenvalue weighted by Gasteiger charge is 2.14. The van der Waals surface area contributed by atoms with Crippen molar-refractivity contribution in [2.24, 2.45) is 0 Å². The summed E-state index contributed by atoms with van der Waals surface area (Å²) >= 11 is 0. The van der Waals surface area contributed by atoms with Gasteiger partial charge < -0.3 is 18.9 Å². The van der Waals surface area contributed by atoms with Gasteiger partial charge in [0, 0.05) is 6.42 Å². The van der Waals surface area contributed by atoms with Crippen molar-refractivity contribution in [1.82, 2.24) is 10.9 Å². The second kappa shape index (κ2) is 12.7. The summed E-state index contributed by atoms with van der Waals surface area (Å²) in [6.45, 7) is -0.261. The van der Waals surface area contributed by atoms with Crippen molar-refractivity contribution >= 4 is 11.8 Å². The van der Waals surface area contributed by atoms with E-state index in [1.165, 1.54) is 21.3 Å². The molecular formula is C27H27N3O6. The Balaban J connectivity index is 1.43. The van der Waals surface area contributed by atoms with Crippen LogP contribution in [0.2, 0.25) is 0 Å². The van der Waals surface area contributed by atoms with Gasteiger partial charge in [0.25, 0.3) is 5.91 Å². The van der Waals surface area contributed by atoms with Crippen molar-refractivity contribution in [2.75, 3.05) is 27.9 Å². The van der Waals surface area contributed by atoms with Gasteiger partial charge >= 0.3 is 0 Å². The third kappa shape index (κ3) is 6.90. The van der Waals surface area contributed by atoms with Crippen LogP contribution in [0.4, 0.5) is 0 Å². The van der Waals surface area contributed by atoms with E-state index in [0.29, 0.717) is 35.0 Å². The van der Waals surface area contributed by atoms with Gasteiger partial charge in [0.15, 0.2) is 18.1 Å². The van der Waals surface area contributed by atoms with Crippen LogP contribution in [0, 0.1) is 11.3 Å². The molecule has 0 aliphatic heterocycles. The van der Waals surface area contributed by atoms with E-state index in [2.05, 4.69) is 16.9 Å². The summed E-state index contributed by atoms with van der Waals surface area (Å²) in [5.74, 6) is 1.14. The van der Waals surface area contributed by atoms with Gasteiger partial charge in [-0.15, -0.1) is 0 Å². The maximum absolute atomic E-state index is 12.2. The third-order valence-electron chi connectivity index (χ3n) is 5.28. The van der Waals surface area contributed by atoms with Gasteiger partial charge in [-0.1, -0.05) is 24.3 Å². The van der Waals surface area contributed by atoms with E-state index in [-0.39, 0.29) is 18.9 Å². The van der Waals surface area contributed by atoms with Gasteiger partial charge in [-0.2, -0.15) is 5.26 Å². The van der Waals surface area contributed by atoms with E-state index in [1.54, 1.807) is 36.4 Å². The van der Waals surface area contributed by atoms with Gasteiger partial charge in [0.05, 0.1) is 33.0 Å². The first-order valence-electron chi connectivity index (χ1n) is 11.1. The summed E-state index contributed by atoms with van der Waals surface area (Å²) in [6, 6.07) is 20.1. The standard InChI is InChI=1S/C27H27N3O6/c1-33-23-14-19(15-24(34-2)27(23)35-3)6-13-25(31)29-30-26(32)17-36-22-11-9-21(10-12-22)20-7-4-18(16-28)5-8-20/h4-5,7-12,14-15H,6,13,17H2,1-3H3,(H,29,31)(H,30,32). The van der Waals surface area contributed by atoms with Crippen LogP contribution in [0.15, 0.2) is 60.7 Å². The molecule has 0 bridgehead atoms. The Hall–Kier alpha value is -4.71. The average molecular weight is 490 g/mol. The topological polar surface area (TPSA) is 119 Å². The van der Waals surface area contributed by atoms with Gasteiger partial charge in [-0.3, -0.25) is 20.4 Å². The van der Waals surface area contributed by atoms with Crippen molar-refractivity contribution in [2.45, 2.75) is 12.8 Å². The van der Waals surface area contributed by atoms with Gasteiger partial charge in [-0.25, -0.2) is 0 Å². The normalized spacial score (nSPS) is 10.1. The summed E-state index contributed by atoms with van der Waals surface area (Å²) in [4.78, 5) is 24.2. The van der Waals surface area contributed by atoms with Crippen molar-refractivity contribution in [3.8, 4) is 40.2 Å². The molecule has 2 amide bonds. The van der Waals surface area contributed by atoms with Gasteiger partial charge in [-0.05, 0) is 59.5 Å². The molecule has 0 fully saturated rings. The van der Waals surface area contributed by atoms with E-state index >= 15 is 0 Å². The lowest BCUT2D eigenvalue weighted by molar-refractivity contribution is -0.130. The first-order valence-corrected chi connectivity index (χ1v) is 11.1. The van der Waals surface area contributed by atoms with Crippen molar-refractivity contribution < 1.29 is 28.5 Å². The summed E-state index contributed by atoms with van der Waals surface area (Å²) in [5.41, 5.74) is 8.05. The minimum absolute atomic E-state index is 0.135. The number of nitrogens with zero attached hydrogens (tertiary/aromatic N) is 1. The molecule has 0 heterocycles. The number of aryl methyl sites for hydroxylation is 1. The minimum atomic E-state index is -0.493. The number of benzene rings is 3. The van der Waals surface area contributed by atoms with Gasteiger partial charge in [0.1, 0.15) is 5.75 Å². The predicted molar refractivity (Wildman–Crippen MR) is 133 cm³/mol. The molecule has 9 heteroatoms. The minimum Gasteiger partial charge on any atom is -0.493 e. The fraction of sp³-hybridized carbons (Fsp3) is 0.222. The SMILES string of the molecule is COc1cc(CCC(=O)NNC(=O)COc2ccc(-c3ccc(C#N)cc3)cc2)cc(OC)c1OC. The summed E-state index contributed by atoms with van der Waals surface area (Å²) in [7, 11) is 4.57. The lowest BCUT2D eigenvalue weighted by Gasteiger charge is -2.14. The van der Waals surface area contributed by atoms with Crippen LogP contribution in [0.3, 0.4) is 0 Å². The predicted octanol–water partition coefficient (Wildman–Crippen LogP) is 3.41. The number of rotatable bonds is 10. The van der Waals surface area contributed by atoms with E-state index in [9.17, 15) is 9.59 Å². The van der Waals surface area contributed by atoms with Crippen LogP contribution in [0.5, 0.6) is 23.0 Å². The Kier molecular flexibility index (Phi) is 9.12. The number of ether oxygens (including phenoxy) is 4. The molecule has 3 aromatic carbocycles. The van der Waals surface area contributed by atoms with E-state index in [4.69, 9.17) is 24.2 Å². The molecule has 0 saturated carbocycles. The first kappa shape index (κ1) is 25.9. The molecule has 186 valence electrons. The van der Waals surface area contributed by atoms with Crippen molar-refractivity contribution in [1.29, 1.82) is 5.26 Å². The monoisotopic (exact) mass is 489 g/mol. The molecule has 0 atom stereocenters. The van der Waals surface area contributed by atoms with Gasteiger partial charge in [0.2, 0.25) is 11.7 Å². The third-order valence-corrected chi connectivity index (χ3v) is 5.28. The first-order chi connectivity index (χ1) is 17.5. The number of hydrogen-bond acceptors (Lipinski definition) is 7. The molecule has 0 aliphatic carbocycles. The summed E-state index contributed by atoms with van der Waals surface area (Å²) < 4.78 is 21.4. The molecule has 0 aromatic heterocycles. The fourth-order valence-electron chi connectivity index (χ4n) is 3.41. The highest BCUT2D eigenvalue weighted by molar-refractivity contribution is 5.82. The molecule has 2 N–H and O–H groups in total. The highest BCUT2D eigenvalue weighted by atomic mass is 16.5. The quantitative estimate of drug-likeness (QED) is 0.419. The lowest BCUT2D eigenvalue weighted by atomic mass is 10.0. The lowest BCUT2D eigenvalue weighted by Crippen LogP contribution is -2.43. The molecule has 0 aliphatic rings. The summed E-state index contributed by atoms with van der Waals surface area (Å²) in [6.07, 6.45) is 0.539. The molecule has 0 unspecified atom stereocenters. The van der Waals surface area contributed by atoms with Crippen LogP contribution in [-0.4, -0.2) is 39.8 Å². The van der Waals surface area contributed by atoms with Crippen molar-refractivity contribution in [3.05, 3.63) is 71.8 Å². The van der Waals surface area contributed by atoms with Crippen LogP contribution in [-0.2, 0) is 16.0 Å². The number of carbonyl (C=O) groups is 2. The number of methoxy groups -OCH3 is 3. The Labute approximate surface area is 209 Å². The Morgan fingerprint density at radius 3 is 1.89 bits per heavy atom. The molecule has 0 radical (unpaired) electrons. The van der Waals surface area contributed by atoms with Crippen LogP contribution in [0.1, 0.15) is 17.5 Å². The molecule has 3 aromatic rings. The zero-order valence-corrected chi connectivity index (χ0v) is 20.3. The Morgan fingerprint density at radius 1 is 0.806 bits per heavy atom. The largest absolute Gasteiger partial charge is 0.493 e. The maximum Gasteiger partial charge on any atom is 0.276 e. The number of nitrogens with one attached hydrogen (secondary N) is 2. The second-order valence-electron chi connectivity index (χ2n) is 7.63. The number of carbonyl (C=O) groups excluding carboxylic acids is 2. The van der Waals surface area contributed by atoms with E-state index in [1.807, 2.05) is 24.3 Å². The zero-order valence-electron chi connectivity index (χ0n) is 20.3. The van der Waals surface area contributed by atoms with Crippen LogP contribution < -0.4 is 29.8 Å². The zero-order chi connectivity index (χ0) is 25.9. The average Bonchev–Trinajstić information content (AvgIpc) is 2.93. The molecule has 0 spiro atoms. The number of hydrazine groups is 1. The van der Waals surface area contributed by atoms with Crippen LogP contribution in [0.25, 0.3) is 11.1 Å². The number of hydrogen-bond donors (Lipinski definition) is 2. The Morgan fingerprint density at radius 2 is 1.36 bits per heavy atom. The van der Waals surface area contributed by atoms with E-state index < -0.39 is 5.91 Å². The summed E-state index contributed by atoms with van der Waals surface area (Å²) in [5, 5.41) is 8.90. The van der Waals surface area contributed by atoms with E-state index in [0.717, 1.165) is 16.7 Å². The highest BCUT2D eigenvalue weighted by Crippen LogP contribution is 2.38. The molecule has 0 saturated heterocycles. The smallest absolute Gasteiger partial charge is 0.276 e. The molecule has 36 heavy (non-hydrogen) atoms. The van der Waals surface area contributed by atoms with Crippen molar-refractivity contribution in [3.63, 3.8) is 0 Å². The molecule has 9 nitrogen and oxygen atoms in total. The fourth-order valence-corrected chi connectivity index (χ4v) is 3.41. The number of nitriles is 1. The van der Waals surface area contributed by atoms with Crippen LogP contribution >= 0.6 is 0 Å². The Bertz CT molecular complexity index is 1210. The maximum atomic E-state index is 12.2. The second-order valence-corrected chi connectivity index (χ2v) is 7.63. The molecule has 3 rings (SSSR count).